The number of benzene rings is 3. The minimum absolute atomic E-state index is 0.0551. The topological polar surface area (TPSA) is 96.0 Å². The predicted molar refractivity (Wildman–Crippen MR) is 154 cm³/mol. The number of ether oxygens (including phenoxy) is 1. The number of hydrogen-bond donors (Lipinski definition) is 1. The molecule has 0 fully saturated rings. The van der Waals surface area contributed by atoms with Crippen molar-refractivity contribution in [2.75, 3.05) is 24.2 Å². The molecule has 0 radical (unpaired) electrons. The highest BCUT2D eigenvalue weighted by molar-refractivity contribution is 7.92. The summed E-state index contributed by atoms with van der Waals surface area (Å²) in [4.78, 5) is 29.0. The minimum Gasteiger partial charge on any atom is -0.497 e. The van der Waals surface area contributed by atoms with Gasteiger partial charge in [0.15, 0.2) is 11.6 Å². The monoisotopic (exact) mass is 587 g/mol. The van der Waals surface area contributed by atoms with Gasteiger partial charge in [-0.15, -0.1) is 0 Å². The van der Waals surface area contributed by atoms with Crippen LogP contribution in [0, 0.1) is 11.6 Å². The van der Waals surface area contributed by atoms with Crippen molar-refractivity contribution in [1.29, 1.82) is 0 Å². The van der Waals surface area contributed by atoms with Crippen molar-refractivity contribution >= 4 is 27.5 Å². The second-order valence-electron chi connectivity index (χ2n) is 10.7. The first-order chi connectivity index (χ1) is 19.2. The van der Waals surface area contributed by atoms with Crippen LogP contribution in [0.3, 0.4) is 0 Å². The molecule has 0 saturated carbocycles. The van der Waals surface area contributed by atoms with Crippen molar-refractivity contribution in [3.8, 4) is 5.75 Å². The first-order valence-electron chi connectivity index (χ1n) is 12.9. The van der Waals surface area contributed by atoms with Crippen LogP contribution in [-0.2, 0) is 32.6 Å². The highest BCUT2D eigenvalue weighted by Crippen LogP contribution is 2.23. The largest absolute Gasteiger partial charge is 0.497 e. The summed E-state index contributed by atoms with van der Waals surface area (Å²) in [7, 11) is -2.61. The van der Waals surface area contributed by atoms with Crippen molar-refractivity contribution in [2.45, 2.75) is 45.3 Å². The molecule has 0 aliphatic rings. The van der Waals surface area contributed by atoms with Crippen LogP contribution in [0.4, 0.5) is 14.5 Å². The van der Waals surface area contributed by atoms with Crippen LogP contribution in [0.2, 0.25) is 0 Å². The van der Waals surface area contributed by atoms with E-state index in [2.05, 4.69) is 5.32 Å². The van der Waals surface area contributed by atoms with Crippen molar-refractivity contribution in [3.05, 3.63) is 95.6 Å². The summed E-state index contributed by atoms with van der Waals surface area (Å²) in [6.07, 6.45) is 1.00. The fraction of sp³-hybridized carbons (Fsp3) is 0.333. The Morgan fingerprint density at radius 1 is 0.927 bits per heavy atom. The summed E-state index contributed by atoms with van der Waals surface area (Å²) in [5, 5.41) is 2.93. The summed E-state index contributed by atoms with van der Waals surface area (Å²) >= 11 is 0. The van der Waals surface area contributed by atoms with Gasteiger partial charge in [-0.3, -0.25) is 13.9 Å². The van der Waals surface area contributed by atoms with E-state index in [1.807, 2.05) is 51.1 Å². The zero-order valence-electron chi connectivity index (χ0n) is 23.7. The van der Waals surface area contributed by atoms with E-state index in [9.17, 15) is 26.8 Å². The number of sulfonamides is 1. The van der Waals surface area contributed by atoms with E-state index in [4.69, 9.17) is 4.74 Å². The van der Waals surface area contributed by atoms with E-state index < -0.39 is 51.6 Å². The number of carbonyl (C=O) groups excluding carboxylic acids is 2. The molecule has 0 heterocycles. The number of carbonyl (C=O) groups is 2. The number of hydrogen-bond acceptors (Lipinski definition) is 5. The molecule has 2 amide bonds. The molecular weight excluding hydrogens is 552 g/mol. The highest BCUT2D eigenvalue weighted by Gasteiger charge is 2.34. The molecule has 1 atom stereocenters. The van der Waals surface area contributed by atoms with Crippen LogP contribution in [0.15, 0.2) is 72.8 Å². The molecule has 0 unspecified atom stereocenters. The third kappa shape index (κ3) is 9.01. The van der Waals surface area contributed by atoms with Crippen molar-refractivity contribution in [3.63, 3.8) is 0 Å². The number of halogens is 2. The lowest BCUT2D eigenvalue weighted by molar-refractivity contribution is -0.140. The summed E-state index contributed by atoms with van der Waals surface area (Å²) in [6, 6.07) is 17.6. The van der Waals surface area contributed by atoms with Crippen LogP contribution >= 0.6 is 0 Å². The minimum atomic E-state index is -4.12. The summed E-state index contributed by atoms with van der Waals surface area (Å²) in [6.45, 7) is 4.63. The Labute approximate surface area is 240 Å². The van der Waals surface area contributed by atoms with Gasteiger partial charge in [-0.05, 0) is 56.2 Å². The first-order valence-corrected chi connectivity index (χ1v) is 14.7. The van der Waals surface area contributed by atoms with Crippen LogP contribution in [0.5, 0.6) is 5.75 Å². The number of amides is 2. The molecule has 0 saturated heterocycles. The Morgan fingerprint density at radius 3 is 2.17 bits per heavy atom. The van der Waals surface area contributed by atoms with Crippen LogP contribution < -0.4 is 14.4 Å². The normalized spacial score (nSPS) is 12.4. The van der Waals surface area contributed by atoms with Crippen LogP contribution in [-0.4, -0.2) is 56.6 Å². The van der Waals surface area contributed by atoms with E-state index in [0.717, 1.165) is 24.0 Å². The zero-order valence-corrected chi connectivity index (χ0v) is 24.5. The molecule has 8 nitrogen and oxygen atoms in total. The lowest BCUT2D eigenvalue weighted by Gasteiger charge is -2.35. The molecule has 220 valence electrons. The van der Waals surface area contributed by atoms with Gasteiger partial charge in [0.1, 0.15) is 18.3 Å². The molecule has 0 bridgehead atoms. The number of methoxy groups -OCH3 is 1. The second-order valence-corrected chi connectivity index (χ2v) is 12.6. The van der Waals surface area contributed by atoms with Crippen molar-refractivity contribution < 1.29 is 31.5 Å². The third-order valence-electron chi connectivity index (χ3n) is 6.13. The Morgan fingerprint density at radius 2 is 1.59 bits per heavy atom. The van der Waals surface area contributed by atoms with E-state index in [1.165, 1.54) is 12.0 Å². The molecule has 0 aliphatic heterocycles. The molecule has 3 aromatic rings. The fourth-order valence-corrected chi connectivity index (χ4v) is 5.07. The highest BCUT2D eigenvalue weighted by atomic mass is 32.2. The SMILES string of the molecule is COc1cccc(CN(C(=O)CN(c2ccc(F)c(F)c2)S(C)(=O)=O)[C@@H](Cc2ccccc2)C(=O)NC(C)(C)C)c1. The average Bonchev–Trinajstić information content (AvgIpc) is 2.90. The lowest BCUT2D eigenvalue weighted by atomic mass is 10.0. The molecule has 3 rings (SSSR count). The molecule has 3 aromatic carbocycles. The van der Waals surface area contributed by atoms with Gasteiger partial charge in [-0.1, -0.05) is 42.5 Å². The third-order valence-corrected chi connectivity index (χ3v) is 7.27. The summed E-state index contributed by atoms with van der Waals surface area (Å²) in [5.74, 6) is -3.03. The van der Waals surface area contributed by atoms with E-state index in [-0.39, 0.29) is 18.7 Å². The number of nitrogens with zero attached hydrogens (tertiary/aromatic N) is 2. The van der Waals surface area contributed by atoms with Gasteiger partial charge in [-0.2, -0.15) is 0 Å². The number of rotatable bonds is 11. The fourth-order valence-electron chi connectivity index (χ4n) is 4.23. The van der Waals surface area contributed by atoms with Gasteiger partial charge in [-0.25, -0.2) is 17.2 Å². The lowest BCUT2D eigenvalue weighted by Crippen LogP contribution is -2.56. The van der Waals surface area contributed by atoms with E-state index >= 15 is 0 Å². The maximum Gasteiger partial charge on any atom is 0.244 e. The number of nitrogens with one attached hydrogen (secondary N) is 1. The smallest absolute Gasteiger partial charge is 0.244 e. The molecule has 41 heavy (non-hydrogen) atoms. The Kier molecular flexibility index (Phi) is 10.1. The Hall–Kier alpha value is -3.99. The average molecular weight is 588 g/mol. The second kappa shape index (κ2) is 13.1. The van der Waals surface area contributed by atoms with E-state index in [0.29, 0.717) is 21.7 Å². The maximum absolute atomic E-state index is 14.1. The molecule has 0 spiro atoms. The van der Waals surface area contributed by atoms with Crippen LogP contribution in [0.25, 0.3) is 0 Å². The van der Waals surface area contributed by atoms with Gasteiger partial charge >= 0.3 is 0 Å². The Bertz CT molecular complexity index is 1480. The molecular formula is C30H35F2N3O5S. The van der Waals surface area contributed by atoms with Gasteiger partial charge in [0.2, 0.25) is 21.8 Å². The zero-order chi connectivity index (χ0) is 30.4. The van der Waals surface area contributed by atoms with Crippen LogP contribution in [0.1, 0.15) is 31.9 Å². The molecule has 11 heteroatoms. The summed E-state index contributed by atoms with van der Waals surface area (Å²) in [5.41, 5.74) is 0.574. The van der Waals surface area contributed by atoms with Gasteiger partial charge in [0, 0.05) is 24.6 Å². The maximum atomic E-state index is 14.1. The first kappa shape index (κ1) is 31.5. The quantitative estimate of drug-likeness (QED) is 0.361. The molecule has 0 aromatic heterocycles. The summed E-state index contributed by atoms with van der Waals surface area (Å²) < 4.78 is 59.2. The van der Waals surface area contributed by atoms with Gasteiger partial charge in [0.05, 0.1) is 19.1 Å². The predicted octanol–water partition coefficient (Wildman–Crippen LogP) is 4.29. The van der Waals surface area contributed by atoms with Gasteiger partial charge < -0.3 is 15.0 Å². The molecule has 0 aliphatic carbocycles. The number of anilines is 1. The van der Waals surface area contributed by atoms with Crippen molar-refractivity contribution in [1.82, 2.24) is 10.2 Å². The van der Waals surface area contributed by atoms with E-state index in [1.54, 1.807) is 24.3 Å². The van der Waals surface area contributed by atoms with Crippen molar-refractivity contribution in [2.24, 2.45) is 0 Å². The Balaban J connectivity index is 2.10. The van der Waals surface area contributed by atoms with Gasteiger partial charge in [0.25, 0.3) is 0 Å². The standard InChI is InChI=1S/C30H35F2N3O5S/c1-30(2,3)33-29(37)27(17-21-10-7-6-8-11-21)34(19-22-12-9-13-24(16-22)40-4)28(36)20-35(41(5,38)39)23-14-15-25(31)26(32)18-23/h6-16,18,27H,17,19-20H2,1-5H3,(H,33,37)/t27-/m0/s1. The molecule has 1 N–H and O–H groups in total.